The van der Waals surface area contributed by atoms with E-state index >= 15 is 0 Å². The van der Waals surface area contributed by atoms with Gasteiger partial charge in [0.15, 0.2) is 9.84 Å². The van der Waals surface area contributed by atoms with Crippen LogP contribution in [0.2, 0.25) is 20.1 Å². The number of H-pyrrole nitrogens is 1. The van der Waals surface area contributed by atoms with Crippen molar-refractivity contribution in [3.63, 3.8) is 0 Å². The second kappa shape index (κ2) is 40.0. The molecule has 0 spiro atoms. The van der Waals surface area contributed by atoms with Gasteiger partial charge in [-0.15, -0.1) is 20.4 Å². The van der Waals surface area contributed by atoms with Gasteiger partial charge in [-0.2, -0.15) is 5.10 Å². The van der Waals surface area contributed by atoms with Crippen LogP contribution in [-0.2, 0) is 77.4 Å². The molecule has 0 saturated carbocycles. The lowest BCUT2D eigenvalue weighted by molar-refractivity contribution is 0.101. The Bertz CT molecular complexity index is 6600. The number of aryl methyl sites for hydroxylation is 2. The van der Waals surface area contributed by atoms with Crippen LogP contribution in [0.1, 0.15) is 63.7 Å². The fourth-order valence-corrected chi connectivity index (χ4v) is 17.0. The average molecular weight is 1770 g/mol. The van der Waals surface area contributed by atoms with Crippen molar-refractivity contribution in [3.05, 3.63) is 351 Å². The van der Waals surface area contributed by atoms with E-state index in [4.69, 9.17) is 46.4 Å². The first kappa shape index (κ1) is 87.1. The Labute approximate surface area is 717 Å². The highest BCUT2D eigenvalue weighted by Gasteiger charge is 2.24. The second-order valence-electron chi connectivity index (χ2n) is 26.6. The molecule has 612 valence electrons. The van der Waals surface area contributed by atoms with E-state index in [1.807, 2.05) is 72.8 Å². The summed E-state index contributed by atoms with van der Waals surface area (Å²) in [5, 5.41) is 34.4. The van der Waals surface area contributed by atoms with E-state index in [0.29, 0.717) is 126 Å². The van der Waals surface area contributed by atoms with Crippen molar-refractivity contribution in [1.29, 1.82) is 0 Å². The summed E-state index contributed by atoms with van der Waals surface area (Å²) in [6.45, 7) is 0. The van der Waals surface area contributed by atoms with E-state index in [1.54, 1.807) is 213 Å². The molecule has 1 unspecified atom stereocenters. The van der Waals surface area contributed by atoms with Gasteiger partial charge in [0.1, 0.15) is 19.0 Å². The maximum absolute atomic E-state index is 12.7. The van der Waals surface area contributed by atoms with Crippen molar-refractivity contribution in [3.8, 4) is 45.0 Å². The number of hydrogen-bond donors (Lipinski definition) is 5. The summed E-state index contributed by atoms with van der Waals surface area (Å²) in [5.41, 5.74) is 12.1. The first-order chi connectivity index (χ1) is 58.1. The molecule has 0 saturated heterocycles. The van der Waals surface area contributed by atoms with Gasteiger partial charge in [0.2, 0.25) is 35.1 Å². The maximum atomic E-state index is 12.7. The zero-order valence-corrected chi connectivity index (χ0v) is 70.3. The summed E-state index contributed by atoms with van der Waals surface area (Å²) < 4.78 is 87.9. The predicted octanol–water partition coefficient (Wildman–Crippen LogP) is 15.8. The van der Waals surface area contributed by atoms with Crippen molar-refractivity contribution in [2.24, 2.45) is 14.1 Å². The van der Waals surface area contributed by atoms with Crippen LogP contribution in [0.5, 0.6) is 0 Å². The van der Waals surface area contributed by atoms with Crippen molar-refractivity contribution >= 4 is 133 Å². The Hall–Kier alpha value is -13.2. The molecule has 4 amide bonds. The number of rotatable bonds is 23. The Morgan fingerprint density at radius 1 is 0.388 bits per heavy atom. The first-order valence-electron chi connectivity index (χ1n) is 36.1. The van der Waals surface area contributed by atoms with E-state index in [9.17, 15) is 48.6 Å². The molecule has 0 aliphatic heterocycles. The molecule has 36 heteroatoms. The lowest BCUT2D eigenvalue weighted by atomic mass is 10.1. The van der Waals surface area contributed by atoms with E-state index in [-0.39, 0.29) is 51.2 Å². The van der Waals surface area contributed by atoms with Crippen LogP contribution in [0.4, 0.5) is 22.7 Å². The third-order valence-electron chi connectivity index (χ3n) is 17.4. The van der Waals surface area contributed by atoms with Crippen LogP contribution in [0.15, 0.2) is 302 Å². The summed E-state index contributed by atoms with van der Waals surface area (Å²) in [4.78, 5) is 71.4. The Kier molecular flexibility index (Phi) is 28.8. The number of benzene rings is 8. The normalized spacial score (nSPS) is 11.4. The van der Waals surface area contributed by atoms with Gasteiger partial charge >= 0.3 is 0 Å². The standard InChI is InChI=1S/C22H18ClN5O3S.C22H18ClN5O2S.C21H16ClN5O3S.C20H17ClN2O3S/c1-28-14-25-27-22(28)32(30,31)13-15-5-7-16(8-6-15)21(29)26-17-9-10-19(23)18(12-17)20-4-2-3-11-24-20;1-28-14-25-27-22(28)31(30)13-15-5-7-16(8-6-15)21(29)26-17-9-10-19(23)18(12-17)20-4-2-3-11-24-20;22-18-9-8-16(11-17(18)19-3-1-2-10-23-19)26-20(28)15-6-4-14(5-7-15)12-31(29,30)21-24-13-25-27-21;1-27(25,26)13-14-5-4-6-15(11-14)20(24)23-16-8-9-18(21)17(12-16)19-7-2-3-10-22-19/h2-12,14H,13H2,1H3,(H,26,29);2-12,14H,13H2,1H3,(H,26,29);1-11,13H,12H2,(H,26,28)(H,24,25,27);2-12H,13H2,1H3,(H,23,24). The fraction of sp³-hybridized carbons (Fsp3) is 0.0824. The SMILES string of the molecule is CS(=O)(=O)Cc1cccc(C(=O)Nc2ccc(Cl)c(-c3ccccn3)c2)c1.Cn1cnnc1S(=O)(=O)Cc1ccc(C(=O)Nc2ccc(Cl)c(-c3ccccn3)c2)cc1.Cn1cnnc1S(=O)Cc1ccc(C(=O)Nc2ccc(Cl)c(-c3ccccn3)c2)cc1.O=C(Nc1ccc(Cl)c(-c2ccccn2)c1)c1ccc(CS(=O)(=O)c2ncn[nH]2)cc1. The van der Waals surface area contributed by atoms with Gasteiger partial charge in [-0.25, -0.2) is 30.2 Å². The van der Waals surface area contributed by atoms with Crippen molar-refractivity contribution < 1.29 is 48.6 Å². The van der Waals surface area contributed by atoms with Crippen molar-refractivity contribution in [1.82, 2.24) is 64.6 Å². The minimum absolute atomic E-state index is 0.106. The van der Waals surface area contributed by atoms with E-state index in [0.717, 1.165) is 29.4 Å². The van der Waals surface area contributed by atoms with Crippen LogP contribution >= 0.6 is 46.4 Å². The van der Waals surface area contributed by atoms with Crippen molar-refractivity contribution in [2.75, 3.05) is 27.5 Å². The summed E-state index contributed by atoms with van der Waals surface area (Å²) in [6, 6.07) is 69.0. The number of anilines is 4. The molecule has 8 aromatic carbocycles. The third kappa shape index (κ3) is 24.1. The highest BCUT2D eigenvalue weighted by atomic mass is 35.5. The highest BCUT2D eigenvalue weighted by Crippen LogP contribution is 2.34. The van der Waals surface area contributed by atoms with Crippen molar-refractivity contribution in [2.45, 2.75) is 38.5 Å². The molecule has 0 aliphatic carbocycles. The summed E-state index contributed by atoms with van der Waals surface area (Å²) in [5.74, 6) is -1.57. The Morgan fingerprint density at radius 2 is 0.760 bits per heavy atom. The number of nitrogens with zero attached hydrogens (tertiary/aromatic N) is 12. The fourth-order valence-electron chi connectivity index (χ4n) is 11.6. The van der Waals surface area contributed by atoms with Gasteiger partial charge in [-0.3, -0.25) is 48.4 Å². The number of aromatic amines is 1. The number of hydrogen-bond acceptors (Lipinski definition) is 21. The maximum Gasteiger partial charge on any atom is 0.255 e. The zero-order chi connectivity index (χ0) is 85.8. The minimum atomic E-state index is -3.65. The van der Waals surface area contributed by atoms with Gasteiger partial charge in [-0.05, 0) is 192 Å². The number of carbonyl (C=O) groups excluding carboxylic acids is 4. The molecule has 28 nitrogen and oxygen atoms in total. The lowest BCUT2D eigenvalue weighted by Crippen LogP contribution is -2.13. The smallest absolute Gasteiger partial charge is 0.255 e. The van der Waals surface area contributed by atoms with Gasteiger partial charge in [0.05, 0.1) is 76.7 Å². The zero-order valence-electron chi connectivity index (χ0n) is 64.0. The molecule has 5 N–H and O–H groups in total. The topological polar surface area (TPSA) is 390 Å². The van der Waals surface area contributed by atoms with E-state index in [2.05, 4.69) is 76.8 Å². The molecule has 0 fully saturated rings. The van der Waals surface area contributed by atoms with Crippen LogP contribution in [0.3, 0.4) is 0 Å². The number of aromatic nitrogens is 13. The number of pyridine rings is 4. The largest absolute Gasteiger partial charge is 0.322 e. The molecule has 15 rings (SSSR count). The van der Waals surface area contributed by atoms with E-state index < -0.39 is 40.3 Å². The second-order valence-corrected chi connectivity index (χ2v) is 35.5. The van der Waals surface area contributed by atoms with Gasteiger partial charge < -0.3 is 30.4 Å². The molecule has 15 aromatic rings. The Balaban J connectivity index is 0.000000148. The van der Waals surface area contributed by atoms with Crippen LogP contribution in [0, 0.1) is 0 Å². The summed E-state index contributed by atoms with van der Waals surface area (Å²) in [6.07, 6.45) is 11.8. The first-order valence-corrected chi connectivity index (χ1v) is 44.3. The van der Waals surface area contributed by atoms with E-state index in [1.165, 1.54) is 17.2 Å². The molecular weight excluding hydrogens is 1710 g/mol. The monoisotopic (exact) mass is 1770 g/mol. The molecule has 0 aliphatic rings. The number of halogens is 4. The quantitative estimate of drug-likeness (QED) is 0.0397. The summed E-state index contributed by atoms with van der Waals surface area (Å²) in [7, 11) is -8.46. The molecule has 0 bridgehead atoms. The summed E-state index contributed by atoms with van der Waals surface area (Å²) >= 11 is 25.1. The van der Waals surface area contributed by atoms with Gasteiger partial charge in [0, 0.05) is 112 Å². The van der Waals surface area contributed by atoms with Crippen LogP contribution < -0.4 is 21.3 Å². The average Bonchev–Trinajstić information content (AvgIpc) is 1.73. The molecular formula is C85H69Cl4N17O11S4. The molecule has 121 heavy (non-hydrogen) atoms. The van der Waals surface area contributed by atoms with Crippen LogP contribution in [0.25, 0.3) is 45.0 Å². The molecule has 0 radical (unpaired) electrons. The highest BCUT2D eigenvalue weighted by molar-refractivity contribution is 7.90. The molecule has 1 atom stereocenters. The number of amides is 4. The predicted molar refractivity (Wildman–Crippen MR) is 465 cm³/mol. The minimum Gasteiger partial charge on any atom is -0.322 e. The van der Waals surface area contributed by atoms with Gasteiger partial charge in [-0.1, -0.05) is 119 Å². The molecule has 7 heterocycles. The Morgan fingerprint density at radius 3 is 1.10 bits per heavy atom. The molecule has 7 aromatic heterocycles. The lowest BCUT2D eigenvalue weighted by Gasteiger charge is -2.10. The third-order valence-corrected chi connectivity index (χ3v) is 24.1. The number of carbonyl (C=O) groups is 4. The number of nitrogens with one attached hydrogen (secondary N) is 5. The van der Waals surface area contributed by atoms with Crippen LogP contribution in [-0.4, -0.2) is 124 Å². The van der Waals surface area contributed by atoms with Gasteiger partial charge in [0.25, 0.3) is 23.6 Å². The number of sulfone groups is 3.